The number of methoxy groups -OCH3 is 1. The number of ether oxygens (including phenoxy) is 2. The highest BCUT2D eigenvalue weighted by Crippen LogP contribution is 2.30. The minimum absolute atomic E-state index is 0.376. The Morgan fingerprint density at radius 3 is 3.12 bits per heavy atom. The lowest BCUT2D eigenvalue weighted by atomic mass is 10.1. The summed E-state index contributed by atoms with van der Waals surface area (Å²) in [5.41, 5.74) is 1.43. The average molecular weight is 286 g/mol. The Labute approximate surface area is 102 Å². The first-order valence-electron chi connectivity index (χ1n) is 4.96. The molecule has 1 aromatic rings. The first-order valence-corrected chi connectivity index (χ1v) is 5.76. The first-order chi connectivity index (χ1) is 7.72. The van der Waals surface area contributed by atoms with Gasteiger partial charge in [0.1, 0.15) is 17.9 Å². The number of carbonyl (C=O) groups is 1. The van der Waals surface area contributed by atoms with Gasteiger partial charge in [-0.05, 0) is 12.1 Å². The van der Waals surface area contributed by atoms with Crippen molar-refractivity contribution < 1.29 is 14.3 Å². The van der Waals surface area contributed by atoms with Gasteiger partial charge in [-0.1, -0.05) is 15.9 Å². The lowest BCUT2D eigenvalue weighted by Gasteiger charge is -2.11. The van der Waals surface area contributed by atoms with Crippen LogP contribution in [0.4, 0.5) is 0 Å². The van der Waals surface area contributed by atoms with Gasteiger partial charge in [0, 0.05) is 23.1 Å². The van der Waals surface area contributed by atoms with Gasteiger partial charge in [-0.25, -0.2) is 4.79 Å². The molecule has 5 heteroatoms. The zero-order valence-corrected chi connectivity index (χ0v) is 10.5. The molecule has 0 aliphatic carbocycles. The van der Waals surface area contributed by atoms with E-state index in [0.717, 1.165) is 16.6 Å². The van der Waals surface area contributed by atoms with Gasteiger partial charge in [0.25, 0.3) is 0 Å². The monoisotopic (exact) mass is 285 g/mol. The van der Waals surface area contributed by atoms with Crippen LogP contribution in [0.2, 0.25) is 0 Å². The van der Waals surface area contributed by atoms with Gasteiger partial charge in [0.2, 0.25) is 0 Å². The normalized spacial score (nSPS) is 14.6. The second-order valence-corrected chi connectivity index (χ2v) is 4.37. The number of esters is 1. The Balaban J connectivity index is 2.50. The molecule has 16 heavy (non-hydrogen) atoms. The quantitative estimate of drug-likeness (QED) is 0.799. The molecule has 0 amide bonds. The van der Waals surface area contributed by atoms with Crippen LogP contribution in [0.5, 0.6) is 5.75 Å². The second-order valence-electron chi connectivity index (χ2n) is 3.46. The maximum absolute atomic E-state index is 11.6. The number of carbonyl (C=O) groups excluding carboxylic acids is 1. The number of benzene rings is 1. The van der Waals surface area contributed by atoms with E-state index in [0.29, 0.717) is 24.5 Å². The van der Waals surface area contributed by atoms with Crippen molar-refractivity contribution in [2.24, 2.45) is 0 Å². The van der Waals surface area contributed by atoms with E-state index in [1.807, 2.05) is 6.07 Å². The predicted molar refractivity (Wildman–Crippen MR) is 62.7 cm³/mol. The van der Waals surface area contributed by atoms with Crippen LogP contribution in [-0.2, 0) is 11.3 Å². The van der Waals surface area contributed by atoms with Crippen molar-refractivity contribution in [2.75, 3.05) is 20.3 Å². The summed E-state index contributed by atoms with van der Waals surface area (Å²) >= 11 is 3.37. The molecule has 0 aromatic heterocycles. The van der Waals surface area contributed by atoms with Crippen LogP contribution >= 0.6 is 15.9 Å². The van der Waals surface area contributed by atoms with Crippen molar-refractivity contribution >= 4 is 21.9 Å². The Kier molecular flexibility index (Phi) is 3.46. The Morgan fingerprint density at radius 1 is 1.56 bits per heavy atom. The molecule has 1 aromatic carbocycles. The molecule has 2 rings (SSSR count). The summed E-state index contributed by atoms with van der Waals surface area (Å²) in [5.74, 6) is 0.250. The fraction of sp³-hybridized carbons (Fsp3) is 0.364. The second kappa shape index (κ2) is 4.84. The number of hydrogen-bond donors (Lipinski definition) is 1. The molecular formula is C11H12BrNO3. The van der Waals surface area contributed by atoms with Gasteiger partial charge >= 0.3 is 5.97 Å². The lowest BCUT2D eigenvalue weighted by Crippen LogP contribution is -2.16. The van der Waals surface area contributed by atoms with Gasteiger partial charge in [-0.3, -0.25) is 0 Å². The van der Waals surface area contributed by atoms with Crippen LogP contribution in [0.3, 0.4) is 0 Å². The molecule has 0 atom stereocenters. The van der Waals surface area contributed by atoms with Crippen molar-refractivity contribution in [2.45, 2.75) is 6.54 Å². The standard InChI is InChI=1S/C11H12BrNO3/c1-15-11(14)9-5-8(12)4-7-6-13-2-3-16-10(7)9/h4-5,13H,2-3,6H2,1H3. The average Bonchev–Trinajstić information content (AvgIpc) is 2.51. The van der Waals surface area contributed by atoms with Gasteiger partial charge < -0.3 is 14.8 Å². The Hall–Kier alpha value is -1.07. The molecule has 86 valence electrons. The Morgan fingerprint density at radius 2 is 2.38 bits per heavy atom. The third kappa shape index (κ3) is 2.20. The van der Waals surface area contributed by atoms with Crippen molar-refractivity contribution in [3.63, 3.8) is 0 Å². The van der Waals surface area contributed by atoms with Crippen LogP contribution in [-0.4, -0.2) is 26.2 Å². The van der Waals surface area contributed by atoms with Gasteiger partial charge in [0.15, 0.2) is 0 Å². The maximum atomic E-state index is 11.6. The maximum Gasteiger partial charge on any atom is 0.341 e. The topological polar surface area (TPSA) is 47.6 Å². The van der Waals surface area contributed by atoms with Crippen LogP contribution in [0, 0.1) is 0 Å². The van der Waals surface area contributed by atoms with E-state index < -0.39 is 0 Å². The molecule has 0 saturated heterocycles. The predicted octanol–water partition coefficient (Wildman–Crippen LogP) is 1.72. The van der Waals surface area contributed by atoms with E-state index >= 15 is 0 Å². The van der Waals surface area contributed by atoms with Crippen LogP contribution in [0.15, 0.2) is 16.6 Å². The van der Waals surface area contributed by atoms with Crippen molar-refractivity contribution in [1.29, 1.82) is 0 Å². The lowest BCUT2D eigenvalue weighted by molar-refractivity contribution is 0.0596. The molecule has 1 N–H and O–H groups in total. The highest BCUT2D eigenvalue weighted by molar-refractivity contribution is 9.10. The summed E-state index contributed by atoms with van der Waals surface area (Å²) in [6.45, 7) is 2.02. The van der Waals surface area contributed by atoms with Gasteiger partial charge in [0.05, 0.1) is 7.11 Å². The molecule has 1 aliphatic rings. The zero-order chi connectivity index (χ0) is 11.5. The number of halogens is 1. The number of nitrogens with one attached hydrogen (secondary N) is 1. The summed E-state index contributed by atoms with van der Waals surface area (Å²) in [7, 11) is 1.37. The van der Waals surface area contributed by atoms with Crippen molar-refractivity contribution in [1.82, 2.24) is 5.32 Å². The van der Waals surface area contributed by atoms with Gasteiger partial charge in [-0.15, -0.1) is 0 Å². The minimum atomic E-state index is -0.376. The molecule has 1 heterocycles. The van der Waals surface area contributed by atoms with E-state index in [9.17, 15) is 4.79 Å². The van der Waals surface area contributed by atoms with E-state index in [1.54, 1.807) is 6.07 Å². The van der Waals surface area contributed by atoms with E-state index in [-0.39, 0.29) is 5.97 Å². The van der Waals surface area contributed by atoms with Crippen molar-refractivity contribution in [3.05, 3.63) is 27.7 Å². The summed E-state index contributed by atoms with van der Waals surface area (Å²) < 4.78 is 11.2. The summed E-state index contributed by atoms with van der Waals surface area (Å²) in [6.07, 6.45) is 0. The summed E-state index contributed by atoms with van der Waals surface area (Å²) in [5, 5.41) is 3.22. The molecule has 0 unspecified atom stereocenters. The molecule has 0 saturated carbocycles. The smallest absolute Gasteiger partial charge is 0.341 e. The molecule has 0 fully saturated rings. The van der Waals surface area contributed by atoms with Crippen LogP contribution < -0.4 is 10.1 Å². The summed E-state index contributed by atoms with van der Waals surface area (Å²) in [4.78, 5) is 11.6. The molecule has 1 aliphatic heterocycles. The molecule has 0 bridgehead atoms. The molecule has 0 radical (unpaired) electrons. The number of rotatable bonds is 1. The molecule has 4 nitrogen and oxygen atoms in total. The minimum Gasteiger partial charge on any atom is -0.491 e. The van der Waals surface area contributed by atoms with Crippen LogP contribution in [0.25, 0.3) is 0 Å². The highest BCUT2D eigenvalue weighted by atomic mass is 79.9. The Bertz CT molecular complexity index is 420. The van der Waals surface area contributed by atoms with E-state index in [1.165, 1.54) is 7.11 Å². The highest BCUT2D eigenvalue weighted by Gasteiger charge is 2.19. The fourth-order valence-electron chi connectivity index (χ4n) is 1.66. The largest absolute Gasteiger partial charge is 0.491 e. The van der Waals surface area contributed by atoms with E-state index in [2.05, 4.69) is 21.2 Å². The molecule has 0 spiro atoms. The molecular weight excluding hydrogens is 274 g/mol. The third-order valence-electron chi connectivity index (χ3n) is 2.38. The first kappa shape index (κ1) is 11.4. The van der Waals surface area contributed by atoms with Crippen LogP contribution in [0.1, 0.15) is 15.9 Å². The van der Waals surface area contributed by atoms with Crippen molar-refractivity contribution in [3.8, 4) is 5.75 Å². The third-order valence-corrected chi connectivity index (χ3v) is 2.83. The van der Waals surface area contributed by atoms with Gasteiger partial charge in [-0.2, -0.15) is 0 Å². The zero-order valence-electron chi connectivity index (χ0n) is 8.88. The SMILES string of the molecule is COC(=O)c1cc(Br)cc2c1OCCNC2. The fourth-order valence-corrected chi connectivity index (χ4v) is 2.17. The van der Waals surface area contributed by atoms with E-state index in [4.69, 9.17) is 9.47 Å². The number of hydrogen-bond acceptors (Lipinski definition) is 4. The summed E-state index contributed by atoms with van der Waals surface area (Å²) in [6, 6.07) is 3.66. The number of fused-ring (bicyclic) bond motifs is 1.